The molecule has 2 saturated heterocycles. The summed E-state index contributed by atoms with van der Waals surface area (Å²) in [5.74, 6) is -0.726. The Morgan fingerprint density at radius 1 is 1.48 bits per heavy atom. The summed E-state index contributed by atoms with van der Waals surface area (Å²) in [5.41, 5.74) is 2.46. The second-order valence-corrected chi connectivity index (χ2v) is 8.14. The van der Waals surface area contributed by atoms with Crippen molar-refractivity contribution in [3.63, 3.8) is 0 Å². The van der Waals surface area contributed by atoms with E-state index in [1.54, 1.807) is 12.1 Å². The monoisotopic (exact) mass is 453 g/mol. The number of cyclic esters (lactones) is 1. The molecular weight excluding hydrogens is 429 g/mol. The molecule has 0 aromatic heterocycles. The third-order valence-electron chi connectivity index (χ3n) is 5.23. The standard InChI is InChI=1S/C18H24FN7O4S/c1-12(27)22-10-14-11-26(17(28)30-14)13-3-4-16(15(19)9-13)25-7-5-18(21-2,6-8-25)23-24-31(20)29/h3-4,9,14,23-24H,5-8,10-11,20H2,1H3,(H,22,27)/t14-,31?/m0/s1. The van der Waals surface area contributed by atoms with Crippen LogP contribution in [0.4, 0.5) is 20.6 Å². The van der Waals surface area contributed by atoms with Crippen molar-refractivity contribution < 1.29 is 23.3 Å². The molecule has 5 N–H and O–H groups in total. The Bertz CT molecular complexity index is 873. The zero-order valence-electron chi connectivity index (χ0n) is 16.9. The van der Waals surface area contributed by atoms with Gasteiger partial charge < -0.3 is 19.5 Å². The first kappa shape index (κ1) is 23.0. The van der Waals surface area contributed by atoms with Gasteiger partial charge >= 0.3 is 11.8 Å². The van der Waals surface area contributed by atoms with Gasteiger partial charge in [0, 0.05) is 20.0 Å². The SMILES string of the molecule is [C-]#[N+]C1(NN[S+](N)[O-])CCN(c2ccc(N3C[C@H](CNC(C)=O)OC3=O)cc2F)CC1. The summed E-state index contributed by atoms with van der Waals surface area (Å²) >= 11 is -1.80. The first-order valence-corrected chi connectivity index (χ1v) is 10.8. The molecule has 1 unspecified atom stereocenters. The maximum Gasteiger partial charge on any atom is 0.414 e. The van der Waals surface area contributed by atoms with Crippen molar-refractivity contribution in [2.75, 3.05) is 36.0 Å². The third-order valence-corrected chi connectivity index (χ3v) is 5.53. The fourth-order valence-corrected chi connectivity index (χ4v) is 3.83. The van der Waals surface area contributed by atoms with E-state index < -0.39 is 35.2 Å². The van der Waals surface area contributed by atoms with E-state index in [1.165, 1.54) is 17.9 Å². The quantitative estimate of drug-likeness (QED) is 0.260. The minimum Gasteiger partial charge on any atom is -0.578 e. The van der Waals surface area contributed by atoms with Gasteiger partial charge in [0.2, 0.25) is 5.91 Å². The lowest BCUT2D eigenvalue weighted by Crippen LogP contribution is -2.58. The van der Waals surface area contributed by atoms with Crippen LogP contribution in [0.25, 0.3) is 4.85 Å². The molecule has 2 atom stereocenters. The van der Waals surface area contributed by atoms with Gasteiger partial charge in [-0.05, 0) is 23.0 Å². The molecule has 2 aliphatic rings. The second-order valence-electron chi connectivity index (χ2n) is 7.34. The number of nitrogens with one attached hydrogen (secondary N) is 3. The van der Waals surface area contributed by atoms with Gasteiger partial charge in [-0.15, -0.1) is 10.6 Å². The smallest absolute Gasteiger partial charge is 0.414 e. The van der Waals surface area contributed by atoms with E-state index in [1.807, 2.05) is 4.90 Å². The maximum absolute atomic E-state index is 14.9. The number of nitrogens with zero attached hydrogens (tertiary/aromatic N) is 3. The molecule has 2 amide bonds. The van der Waals surface area contributed by atoms with Gasteiger partial charge in [-0.3, -0.25) is 14.5 Å². The molecule has 0 saturated carbocycles. The molecule has 0 bridgehead atoms. The van der Waals surface area contributed by atoms with Crippen LogP contribution in [0.15, 0.2) is 18.2 Å². The van der Waals surface area contributed by atoms with Gasteiger partial charge in [0.25, 0.3) is 0 Å². The Morgan fingerprint density at radius 3 is 2.77 bits per heavy atom. The summed E-state index contributed by atoms with van der Waals surface area (Å²) in [6, 6.07) is 4.49. The molecule has 2 fully saturated rings. The highest BCUT2D eigenvalue weighted by atomic mass is 32.2. The molecule has 13 heteroatoms. The average molecular weight is 454 g/mol. The summed E-state index contributed by atoms with van der Waals surface area (Å²) < 4.78 is 31.1. The normalized spacial score (nSPS) is 21.4. The van der Waals surface area contributed by atoms with E-state index in [4.69, 9.17) is 16.4 Å². The van der Waals surface area contributed by atoms with Crippen molar-refractivity contribution >= 4 is 34.9 Å². The molecular formula is C18H24FN7O4S. The van der Waals surface area contributed by atoms with Crippen LogP contribution in [0, 0.1) is 12.4 Å². The Labute approximate surface area is 182 Å². The molecule has 11 nitrogen and oxygen atoms in total. The highest BCUT2D eigenvalue weighted by Gasteiger charge is 2.42. The van der Waals surface area contributed by atoms with Gasteiger partial charge in [-0.25, -0.2) is 15.8 Å². The lowest BCUT2D eigenvalue weighted by molar-refractivity contribution is -0.119. The number of carbonyl (C=O) groups excluding carboxylic acids is 2. The number of amides is 2. The molecule has 1 aromatic carbocycles. The lowest BCUT2D eigenvalue weighted by atomic mass is 9.98. The molecule has 3 rings (SSSR count). The first-order chi connectivity index (χ1) is 14.7. The number of piperidine rings is 1. The van der Waals surface area contributed by atoms with Crippen molar-refractivity contribution in [2.24, 2.45) is 5.14 Å². The van der Waals surface area contributed by atoms with Crippen molar-refractivity contribution in [3.8, 4) is 0 Å². The molecule has 0 radical (unpaired) electrons. The summed E-state index contributed by atoms with van der Waals surface area (Å²) in [4.78, 5) is 32.2. The molecule has 0 spiro atoms. The van der Waals surface area contributed by atoms with Crippen molar-refractivity contribution in [2.45, 2.75) is 31.5 Å². The first-order valence-electron chi connectivity index (χ1n) is 9.58. The largest absolute Gasteiger partial charge is 0.578 e. The summed E-state index contributed by atoms with van der Waals surface area (Å²) in [5, 5.41) is 7.75. The number of hydrazine groups is 1. The van der Waals surface area contributed by atoms with E-state index in [9.17, 15) is 18.5 Å². The van der Waals surface area contributed by atoms with Gasteiger partial charge in [0.15, 0.2) is 0 Å². The van der Waals surface area contributed by atoms with E-state index in [-0.39, 0.29) is 19.0 Å². The number of ether oxygens (including phenoxy) is 1. The van der Waals surface area contributed by atoms with Crippen LogP contribution in [0.1, 0.15) is 19.8 Å². The number of carbonyl (C=O) groups is 2. The Hall–Kier alpha value is -2.63. The van der Waals surface area contributed by atoms with Gasteiger partial charge in [-0.2, -0.15) is 0 Å². The van der Waals surface area contributed by atoms with Gasteiger partial charge in [-0.1, -0.05) is 0 Å². The minimum absolute atomic E-state index is 0.190. The lowest BCUT2D eigenvalue weighted by Gasteiger charge is -2.35. The Kier molecular flexibility index (Phi) is 7.19. The van der Waals surface area contributed by atoms with Crippen LogP contribution in [0.2, 0.25) is 0 Å². The van der Waals surface area contributed by atoms with Gasteiger partial charge in [0.05, 0.1) is 37.3 Å². The third kappa shape index (κ3) is 5.54. The molecule has 31 heavy (non-hydrogen) atoms. The minimum atomic E-state index is -1.80. The highest BCUT2D eigenvalue weighted by molar-refractivity contribution is 7.87. The van der Waals surface area contributed by atoms with E-state index in [0.717, 1.165) is 0 Å². The topological polar surface area (TPSA) is 139 Å². The zero-order chi connectivity index (χ0) is 22.6. The van der Waals surface area contributed by atoms with Crippen LogP contribution in [0.3, 0.4) is 0 Å². The molecule has 0 aliphatic carbocycles. The van der Waals surface area contributed by atoms with Gasteiger partial charge in [0.1, 0.15) is 23.5 Å². The fourth-order valence-electron chi connectivity index (χ4n) is 3.54. The highest BCUT2D eigenvalue weighted by Crippen LogP contribution is 2.32. The van der Waals surface area contributed by atoms with Crippen LogP contribution in [-0.2, 0) is 21.1 Å². The second kappa shape index (κ2) is 9.67. The number of benzene rings is 1. The summed E-state index contributed by atoms with van der Waals surface area (Å²) in [7, 11) is 0. The van der Waals surface area contributed by atoms with Crippen molar-refractivity contribution in [1.29, 1.82) is 0 Å². The van der Waals surface area contributed by atoms with Crippen LogP contribution in [-0.4, -0.2) is 54.5 Å². The van der Waals surface area contributed by atoms with Crippen molar-refractivity contribution in [3.05, 3.63) is 35.4 Å². The van der Waals surface area contributed by atoms with Crippen LogP contribution >= 0.6 is 0 Å². The Morgan fingerprint density at radius 2 is 2.19 bits per heavy atom. The zero-order valence-corrected chi connectivity index (χ0v) is 17.7. The van der Waals surface area contributed by atoms with Crippen molar-refractivity contribution in [1.82, 2.24) is 15.6 Å². The number of hydrogen-bond donors (Lipinski definition) is 4. The number of anilines is 2. The maximum atomic E-state index is 14.9. The summed E-state index contributed by atoms with van der Waals surface area (Å²) in [6.45, 7) is 9.99. The van der Waals surface area contributed by atoms with E-state index in [2.05, 4.69) is 20.4 Å². The number of hydrogen-bond acceptors (Lipinski definition) is 8. The van der Waals surface area contributed by atoms with E-state index in [0.29, 0.717) is 37.3 Å². The average Bonchev–Trinajstić information content (AvgIpc) is 3.12. The molecule has 2 aliphatic heterocycles. The molecule has 2 heterocycles. The molecule has 168 valence electrons. The Balaban J connectivity index is 1.63. The summed E-state index contributed by atoms with van der Waals surface area (Å²) in [6.07, 6.45) is -0.374. The number of rotatable bonds is 7. The predicted octanol–water partition coefficient (Wildman–Crippen LogP) is 0.134. The van der Waals surface area contributed by atoms with Crippen LogP contribution < -0.4 is 30.5 Å². The fraction of sp³-hybridized carbons (Fsp3) is 0.500. The predicted molar refractivity (Wildman–Crippen MR) is 112 cm³/mol. The number of nitrogens with two attached hydrogens (primary N) is 1. The van der Waals surface area contributed by atoms with Crippen LogP contribution in [0.5, 0.6) is 0 Å². The molecule has 1 aromatic rings. The number of halogens is 1. The van der Waals surface area contributed by atoms with E-state index >= 15 is 0 Å².